The number of ether oxygens (including phenoxy) is 1. The average Bonchev–Trinajstić information content (AvgIpc) is 2.60. The molecule has 0 heterocycles. The first kappa shape index (κ1) is 19.7. The number of nitrogens with one attached hydrogen (secondary N) is 1. The number of carbonyl (C=O) groups is 2. The Kier molecular flexibility index (Phi) is 6.19. The van der Waals surface area contributed by atoms with Crippen LogP contribution in [0.4, 0.5) is 5.69 Å². The minimum atomic E-state index is -0.405. The monoisotopic (exact) mass is 353 g/mol. The molecule has 4 nitrogen and oxygen atoms in total. The van der Waals surface area contributed by atoms with Gasteiger partial charge in [0.1, 0.15) is 0 Å². The molecule has 0 radical (unpaired) electrons. The lowest BCUT2D eigenvalue weighted by atomic mass is 9.86. The summed E-state index contributed by atoms with van der Waals surface area (Å²) in [6.07, 6.45) is 1.06. The van der Waals surface area contributed by atoms with Crippen molar-refractivity contribution in [2.75, 3.05) is 12.4 Å². The molecule has 0 bridgehead atoms. The topological polar surface area (TPSA) is 55.4 Å². The molecular formula is C22H27NO3. The zero-order valence-electron chi connectivity index (χ0n) is 16.2. The summed E-state index contributed by atoms with van der Waals surface area (Å²) in [7, 11) is 1.35. The van der Waals surface area contributed by atoms with E-state index >= 15 is 0 Å². The smallest absolute Gasteiger partial charge is 0.338 e. The van der Waals surface area contributed by atoms with Gasteiger partial charge in [-0.15, -0.1) is 0 Å². The molecule has 0 spiro atoms. The summed E-state index contributed by atoms with van der Waals surface area (Å²) in [4.78, 5) is 24.0. The Hall–Kier alpha value is -2.62. The number of anilines is 1. The van der Waals surface area contributed by atoms with E-state index in [2.05, 4.69) is 50.4 Å². The van der Waals surface area contributed by atoms with E-state index in [4.69, 9.17) is 4.74 Å². The quantitative estimate of drug-likeness (QED) is 0.796. The Labute approximate surface area is 155 Å². The maximum Gasteiger partial charge on any atom is 0.338 e. The zero-order valence-corrected chi connectivity index (χ0v) is 16.2. The molecule has 0 saturated carbocycles. The van der Waals surface area contributed by atoms with Crippen LogP contribution < -0.4 is 5.32 Å². The predicted molar refractivity (Wildman–Crippen MR) is 105 cm³/mol. The fraction of sp³-hybridized carbons (Fsp3) is 0.364. The van der Waals surface area contributed by atoms with Crippen LogP contribution in [0.15, 0.2) is 42.5 Å². The second-order valence-electron chi connectivity index (χ2n) is 7.46. The van der Waals surface area contributed by atoms with Gasteiger partial charge in [-0.2, -0.15) is 0 Å². The van der Waals surface area contributed by atoms with Crippen LogP contribution in [0, 0.1) is 6.92 Å². The van der Waals surface area contributed by atoms with Crippen LogP contribution in [0.25, 0.3) is 0 Å². The van der Waals surface area contributed by atoms with E-state index in [0.717, 1.165) is 5.56 Å². The van der Waals surface area contributed by atoms with E-state index < -0.39 is 5.97 Å². The standard InChI is InChI=1S/C22H27NO3/c1-15-18(21(25)26-5)7-6-8-19(15)23-20(24)14-11-16-9-12-17(13-10-16)22(2,3)4/h6-10,12-13H,11,14H2,1-5H3,(H,23,24). The number of carbonyl (C=O) groups excluding carboxylic acids is 2. The number of methoxy groups -OCH3 is 1. The highest BCUT2D eigenvalue weighted by molar-refractivity contribution is 5.96. The van der Waals surface area contributed by atoms with Crippen molar-refractivity contribution in [1.82, 2.24) is 0 Å². The summed E-state index contributed by atoms with van der Waals surface area (Å²) < 4.78 is 4.76. The first-order valence-electron chi connectivity index (χ1n) is 8.79. The van der Waals surface area contributed by atoms with Crippen molar-refractivity contribution in [2.45, 2.75) is 46.0 Å². The van der Waals surface area contributed by atoms with Crippen molar-refractivity contribution in [2.24, 2.45) is 0 Å². The molecule has 0 aliphatic carbocycles. The molecule has 138 valence electrons. The van der Waals surface area contributed by atoms with Gasteiger partial charge in [0.05, 0.1) is 12.7 Å². The number of hydrogen-bond acceptors (Lipinski definition) is 3. The SMILES string of the molecule is COC(=O)c1cccc(NC(=O)CCc2ccc(C(C)(C)C)cc2)c1C. The molecular weight excluding hydrogens is 326 g/mol. The van der Waals surface area contributed by atoms with Gasteiger partial charge in [0.2, 0.25) is 5.91 Å². The molecule has 0 saturated heterocycles. The van der Waals surface area contributed by atoms with Crippen LogP contribution in [-0.2, 0) is 21.4 Å². The third kappa shape index (κ3) is 4.94. The highest BCUT2D eigenvalue weighted by Gasteiger charge is 2.14. The van der Waals surface area contributed by atoms with Gasteiger partial charge in [-0.25, -0.2) is 4.79 Å². The summed E-state index contributed by atoms with van der Waals surface area (Å²) in [6.45, 7) is 8.34. The number of rotatable bonds is 5. The van der Waals surface area contributed by atoms with Crippen molar-refractivity contribution in [3.8, 4) is 0 Å². The molecule has 2 aromatic carbocycles. The van der Waals surface area contributed by atoms with E-state index in [9.17, 15) is 9.59 Å². The number of hydrogen-bond donors (Lipinski definition) is 1. The van der Waals surface area contributed by atoms with Gasteiger partial charge >= 0.3 is 5.97 Å². The number of benzene rings is 2. The molecule has 1 amide bonds. The molecule has 26 heavy (non-hydrogen) atoms. The van der Waals surface area contributed by atoms with E-state index in [1.165, 1.54) is 12.7 Å². The lowest BCUT2D eigenvalue weighted by molar-refractivity contribution is -0.116. The first-order valence-corrected chi connectivity index (χ1v) is 8.79. The fourth-order valence-electron chi connectivity index (χ4n) is 2.74. The van der Waals surface area contributed by atoms with Crippen molar-refractivity contribution >= 4 is 17.6 Å². The van der Waals surface area contributed by atoms with Crippen LogP contribution in [0.1, 0.15) is 54.2 Å². The van der Waals surface area contributed by atoms with Crippen molar-refractivity contribution in [1.29, 1.82) is 0 Å². The van der Waals surface area contributed by atoms with E-state index in [1.807, 2.05) is 0 Å². The minimum absolute atomic E-state index is 0.0741. The molecule has 2 rings (SSSR count). The van der Waals surface area contributed by atoms with Gasteiger partial charge in [-0.05, 0) is 47.6 Å². The van der Waals surface area contributed by atoms with E-state index in [-0.39, 0.29) is 11.3 Å². The summed E-state index contributed by atoms with van der Waals surface area (Å²) in [5.41, 5.74) is 4.35. The summed E-state index contributed by atoms with van der Waals surface area (Å²) >= 11 is 0. The van der Waals surface area contributed by atoms with Crippen molar-refractivity contribution in [3.05, 3.63) is 64.7 Å². The third-order valence-corrected chi connectivity index (χ3v) is 4.47. The predicted octanol–water partition coefficient (Wildman–Crippen LogP) is 4.65. The van der Waals surface area contributed by atoms with E-state index in [1.54, 1.807) is 25.1 Å². The van der Waals surface area contributed by atoms with Crippen molar-refractivity contribution in [3.63, 3.8) is 0 Å². The van der Waals surface area contributed by atoms with Crippen LogP contribution in [0.3, 0.4) is 0 Å². The Balaban J connectivity index is 1.98. The summed E-state index contributed by atoms with van der Waals surface area (Å²) in [5, 5.41) is 2.89. The van der Waals surface area contributed by atoms with Crippen LogP contribution in [-0.4, -0.2) is 19.0 Å². The van der Waals surface area contributed by atoms with Crippen LogP contribution in [0.5, 0.6) is 0 Å². The van der Waals surface area contributed by atoms with Gasteiger partial charge in [-0.3, -0.25) is 4.79 Å². The zero-order chi connectivity index (χ0) is 19.3. The second-order valence-corrected chi connectivity index (χ2v) is 7.46. The number of aryl methyl sites for hydroxylation is 1. The molecule has 1 N–H and O–H groups in total. The van der Waals surface area contributed by atoms with Gasteiger partial charge in [0, 0.05) is 12.1 Å². The maximum absolute atomic E-state index is 12.3. The Morgan fingerprint density at radius 3 is 2.27 bits per heavy atom. The number of amides is 1. The highest BCUT2D eigenvalue weighted by atomic mass is 16.5. The molecule has 0 aliphatic rings. The Morgan fingerprint density at radius 2 is 1.69 bits per heavy atom. The first-order chi connectivity index (χ1) is 12.2. The van der Waals surface area contributed by atoms with Gasteiger partial charge in [-0.1, -0.05) is 51.1 Å². The van der Waals surface area contributed by atoms with Crippen LogP contribution in [0.2, 0.25) is 0 Å². The molecule has 0 atom stereocenters. The average molecular weight is 353 g/mol. The molecule has 0 fully saturated rings. The summed E-state index contributed by atoms with van der Waals surface area (Å²) in [6, 6.07) is 13.6. The van der Waals surface area contributed by atoms with Gasteiger partial charge in [0.25, 0.3) is 0 Å². The van der Waals surface area contributed by atoms with Gasteiger partial charge in [0.15, 0.2) is 0 Å². The number of esters is 1. The molecule has 4 heteroatoms. The summed E-state index contributed by atoms with van der Waals surface area (Å²) in [5.74, 6) is -0.479. The second kappa shape index (κ2) is 8.17. The molecule has 2 aromatic rings. The lowest BCUT2D eigenvalue weighted by Crippen LogP contribution is -2.15. The minimum Gasteiger partial charge on any atom is -0.465 e. The largest absolute Gasteiger partial charge is 0.465 e. The van der Waals surface area contributed by atoms with Crippen molar-refractivity contribution < 1.29 is 14.3 Å². The van der Waals surface area contributed by atoms with Gasteiger partial charge < -0.3 is 10.1 Å². The lowest BCUT2D eigenvalue weighted by Gasteiger charge is -2.19. The van der Waals surface area contributed by atoms with Crippen LogP contribution >= 0.6 is 0 Å². The Bertz CT molecular complexity index is 786. The molecule has 0 unspecified atom stereocenters. The normalized spacial score (nSPS) is 11.1. The maximum atomic E-state index is 12.3. The van der Waals surface area contributed by atoms with E-state index in [0.29, 0.717) is 29.7 Å². The highest BCUT2D eigenvalue weighted by Crippen LogP contribution is 2.23. The molecule has 0 aromatic heterocycles. The Morgan fingerprint density at radius 1 is 1.04 bits per heavy atom. The molecule has 0 aliphatic heterocycles. The third-order valence-electron chi connectivity index (χ3n) is 4.47. The fourth-order valence-corrected chi connectivity index (χ4v) is 2.74.